The lowest BCUT2D eigenvalue weighted by atomic mass is 9.76. The van der Waals surface area contributed by atoms with E-state index in [-0.39, 0.29) is 18.3 Å². The van der Waals surface area contributed by atoms with Crippen molar-refractivity contribution in [3.05, 3.63) is 23.8 Å². The van der Waals surface area contributed by atoms with Crippen molar-refractivity contribution in [3.63, 3.8) is 0 Å². The van der Waals surface area contributed by atoms with Crippen LogP contribution in [0.2, 0.25) is 0 Å². The molecule has 0 atom stereocenters. The van der Waals surface area contributed by atoms with Crippen molar-refractivity contribution >= 4 is 24.5 Å². The fraction of sp³-hybridized carbons (Fsp3) is 0.538. The van der Waals surface area contributed by atoms with Crippen LogP contribution in [0.4, 0.5) is 0 Å². The first kappa shape index (κ1) is 12.5. The third-order valence-electron chi connectivity index (χ3n) is 4.11. The zero-order valence-electron chi connectivity index (χ0n) is 11.2. The van der Waals surface area contributed by atoms with Crippen LogP contribution in [0, 0.1) is 0 Å². The van der Waals surface area contributed by atoms with Crippen molar-refractivity contribution in [2.45, 2.75) is 50.3 Å². The van der Waals surface area contributed by atoms with Crippen molar-refractivity contribution < 1.29 is 9.31 Å². The predicted octanol–water partition coefficient (Wildman–Crippen LogP) is 2.10. The van der Waals surface area contributed by atoms with Gasteiger partial charge in [-0.2, -0.15) is 0 Å². The summed E-state index contributed by atoms with van der Waals surface area (Å²) in [6.45, 7) is 9.22. The molecule has 0 amide bonds. The fourth-order valence-electron chi connectivity index (χ4n) is 2.24. The molecule has 0 aliphatic carbocycles. The van der Waals surface area contributed by atoms with Gasteiger partial charge in [-0.3, -0.25) is 4.72 Å². The molecule has 0 unspecified atom stereocenters. The molecule has 0 aromatic heterocycles. The number of hydrogen-bond acceptors (Lipinski definition) is 4. The molecule has 1 N–H and O–H groups in total. The van der Waals surface area contributed by atoms with Gasteiger partial charge >= 0.3 is 7.12 Å². The molecule has 96 valence electrons. The summed E-state index contributed by atoms with van der Waals surface area (Å²) >= 11 is 1.68. The van der Waals surface area contributed by atoms with Crippen molar-refractivity contribution in [3.8, 4) is 0 Å². The Balaban J connectivity index is 1.97. The van der Waals surface area contributed by atoms with Crippen LogP contribution in [0.15, 0.2) is 23.1 Å². The molecule has 0 spiro atoms. The van der Waals surface area contributed by atoms with Gasteiger partial charge in [0.15, 0.2) is 0 Å². The molecule has 1 aromatic rings. The lowest BCUT2D eigenvalue weighted by Crippen LogP contribution is -2.41. The Morgan fingerprint density at radius 2 is 1.83 bits per heavy atom. The first-order valence-corrected chi connectivity index (χ1v) is 7.09. The number of benzene rings is 1. The van der Waals surface area contributed by atoms with Crippen LogP contribution < -0.4 is 10.2 Å². The predicted molar refractivity (Wildman–Crippen MR) is 74.9 cm³/mol. The second-order valence-electron chi connectivity index (χ2n) is 5.84. The molecule has 0 bridgehead atoms. The Morgan fingerprint density at radius 3 is 2.50 bits per heavy atom. The maximum atomic E-state index is 6.12. The minimum absolute atomic E-state index is 0.259. The summed E-state index contributed by atoms with van der Waals surface area (Å²) in [6, 6.07) is 6.31. The van der Waals surface area contributed by atoms with Gasteiger partial charge in [-0.25, -0.2) is 0 Å². The zero-order chi connectivity index (χ0) is 13.0. The lowest BCUT2D eigenvalue weighted by molar-refractivity contribution is 0.00578. The summed E-state index contributed by atoms with van der Waals surface area (Å²) < 4.78 is 15.5. The standard InChI is InChI=1S/C13H18BNO2S/c1-12(2)13(3,4)17-14(16-12)10-6-5-7-11-9(10)8-15-18-11/h5-7,15H,8H2,1-4H3. The summed E-state index contributed by atoms with van der Waals surface area (Å²) in [5.74, 6) is 0. The Kier molecular flexibility index (Phi) is 2.79. The first-order valence-electron chi connectivity index (χ1n) is 6.28. The molecule has 3 nitrogen and oxygen atoms in total. The molecular formula is C13H18BNO2S. The van der Waals surface area contributed by atoms with E-state index < -0.39 is 0 Å². The van der Waals surface area contributed by atoms with E-state index in [1.807, 2.05) is 0 Å². The largest absolute Gasteiger partial charge is 0.495 e. The summed E-state index contributed by atoms with van der Waals surface area (Å²) in [6.07, 6.45) is 0. The summed E-state index contributed by atoms with van der Waals surface area (Å²) in [7, 11) is -0.259. The third kappa shape index (κ3) is 1.81. The van der Waals surface area contributed by atoms with Crippen LogP contribution in [0.25, 0.3) is 0 Å². The highest BCUT2D eigenvalue weighted by molar-refractivity contribution is 7.97. The minimum Gasteiger partial charge on any atom is -0.399 e. The van der Waals surface area contributed by atoms with Crippen molar-refractivity contribution in [1.29, 1.82) is 0 Å². The van der Waals surface area contributed by atoms with Gasteiger partial charge in [0.05, 0.1) is 11.2 Å². The molecule has 3 rings (SSSR count). The quantitative estimate of drug-likeness (QED) is 0.621. The van der Waals surface area contributed by atoms with Crippen LogP contribution in [0.5, 0.6) is 0 Å². The van der Waals surface area contributed by atoms with Crippen LogP contribution in [-0.4, -0.2) is 18.3 Å². The normalized spacial score (nSPS) is 24.3. The van der Waals surface area contributed by atoms with Gasteiger partial charge in [0, 0.05) is 11.4 Å². The summed E-state index contributed by atoms with van der Waals surface area (Å²) in [5, 5.41) is 0. The molecule has 18 heavy (non-hydrogen) atoms. The van der Waals surface area contributed by atoms with E-state index in [2.05, 4.69) is 50.6 Å². The van der Waals surface area contributed by atoms with Gasteiger partial charge in [0.2, 0.25) is 0 Å². The van der Waals surface area contributed by atoms with Gasteiger partial charge in [-0.1, -0.05) is 12.1 Å². The summed E-state index contributed by atoms with van der Waals surface area (Å²) in [5.41, 5.74) is 1.91. The molecule has 0 saturated carbocycles. The topological polar surface area (TPSA) is 30.5 Å². The monoisotopic (exact) mass is 263 g/mol. The molecule has 1 saturated heterocycles. The lowest BCUT2D eigenvalue weighted by Gasteiger charge is -2.32. The highest BCUT2D eigenvalue weighted by Gasteiger charge is 2.52. The Bertz CT molecular complexity index is 474. The van der Waals surface area contributed by atoms with Gasteiger partial charge < -0.3 is 9.31 Å². The van der Waals surface area contributed by atoms with Gasteiger partial charge in [-0.15, -0.1) is 0 Å². The van der Waals surface area contributed by atoms with E-state index in [0.717, 1.165) is 12.0 Å². The highest BCUT2D eigenvalue weighted by Crippen LogP contribution is 2.37. The van der Waals surface area contributed by atoms with E-state index in [4.69, 9.17) is 9.31 Å². The molecule has 2 aliphatic heterocycles. The van der Waals surface area contributed by atoms with Crippen molar-refractivity contribution in [1.82, 2.24) is 4.72 Å². The van der Waals surface area contributed by atoms with Crippen LogP contribution in [-0.2, 0) is 15.9 Å². The summed E-state index contributed by atoms with van der Waals surface area (Å²) in [4.78, 5) is 1.28. The van der Waals surface area contributed by atoms with E-state index in [1.165, 1.54) is 10.5 Å². The second-order valence-corrected chi connectivity index (χ2v) is 6.77. The van der Waals surface area contributed by atoms with Crippen molar-refractivity contribution in [2.75, 3.05) is 0 Å². The number of fused-ring (bicyclic) bond motifs is 1. The molecular weight excluding hydrogens is 245 g/mol. The van der Waals surface area contributed by atoms with Gasteiger partial charge in [-0.05, 0) is 56.7 Å². The Hall–Kier alpha value is -0.485. The zero-order valence-corrected chi connectivity index (χ0v) is 12.1. The average Bonchev–Trinajstić information content (AvgIpc) is 2.81. The molecule has 5 heteroatoms. The van der Waals surface area contributed by atoms with Gasteiger partial charge in [0.1, 0.15) is 0 Å². The Labute approximate surface area is 113 Å². The van der Waals surface area contributed by atoms with Crippen LogP contribution in [0.1, 0.15) is 33.3 Å². The van der Waals surface area contributed by atoms with Gasteiger partial charge in [0.25, 0.3) is 0 Å². The second kappa shape index (κ2) is 4.00. The number of nitrogens with one attached hydrogen (secondary N) is 1. The fourth-order valence-corrected chi connectivity index (χ4v) is 3.08. The highest BCUT2D eigenvalue weighted by atomic mass is 32.2. The smallest absolute Gasteiger partial charge is 0.399 e. The maximum absolute atomic E-state index is 6.12. The van der Waals surface area contributed by atoms with E-state index in [0.29, 0.717) is 0 Å². The minimum atomic E-state index is -0.278. The molecule has 1 aromatic carbocycles. The van der Waals surface area contributed by atoms with E-state index in [1.54, 1.807) is 11.9 Å². The van der Waals surface area contributed by atoms with Crippen LogP contribution >= 0.6 is 11.9 Å². The van der Waals surface area contributed by atoms with Crippen LogP contribution in [0.3, 0.4) is 0 Å². The molecule has 1 fully saturated rings. The molecule has 0 radical (unpaired) electrons. The molecule has 2 heterocycles. The maximum Gasteiger partial charge on any atom is 0.495 e. The number of rotatable bonds is 1. The van der Waals surface area contributed by atoms with Crippen molar-refractivity contribution in [2.24, 2.45) is 0 Å². The first-order chi connectivity index (χ1) is 8.41. The third-order valence-corrected chi connectivity index (χ3v) is 5.00. The SMILES string of the molecule is CC1(C)OB(c2cccc3c2CNS3)OC1(C)C. The molecule has 2 aliphatic rings. The average molecular weight is 263 g/mol. The number of hydrogen-bond donors (Lipinski definition) is 1. The van der Waals surface area contributed by atoms with E-state index in [9.17, 15) is 0 Å². The Morgan fingerprint density at radius 1 is 1.17 bits per heavy atom. The van der Waals surface area contributed by atoms with E-state index >= 15 is 0 Å².